The van der Waals surface area contributed by atoms with Gasteiger partial charge < -0.3 is 10.4 Å². The molecule has 1 rings (SSSR count). The van der Waals surface area contributed by atoms with Gasteiger partial charge >= 0.3 is 12.0 Å². The summed E-state index contributed by atoms with van der Waals surface area (Å²) in [4.78, 5) is 21.5. The molecule has 0 aromatic heterocycles. The minimum Gasteiger partial charge on any atom is -0.481 e. The first-order valence-corrected chi connectivity index (χ1v) is 5.99. The molecule has 0 unspecified atom stereocenters. The van der Waals surface area contributed by atoms with Crippen molar-refractivity contribution in [1.29, 1.82) is 0 Å². The van der Waals surface area contributed by atoms with Crippen molar-refractivity contribution in [1.82, 2.24) is 10.7 Å². The number of nitrogens with zero attached hydrogens (tertiary/aromatic N) is 1. The Balaban J connectivity index is 2.09. The number of hydrazone groups is 1. The molecular weight excluding hydrogens is 222 g/mol. The molecule has 0 aliphatic heterocycles. The van der Waals surface area contributed by atoms with Gasteiger partial charge in [-0.2, -0.15) is 5.10 Å². The molecular formula is C11H19N3O3. The number of urea groups is 1. The van der Waals surface area contributed by atoms with Crippen LogP contribution in [0.15, 0.2) is 5.10 Å². The summed E-state index contributed by atoms with van der Waals surface area (Å²) in [6, 6.07) is -0.367. The van der Waals surface area contributed by atoms with Crippen LogP contribution in [0, 0.1) is 0 Å². The number of carboxylic acid groups (broad SMARTS) is 1. The van der Waals surface area contributed by atoms with E-state index in [2.05, 4.69) is 15.8 Å². The van der Waals surface area contributed by atoms with E-state index in [0.717, 1.165) is 31.4 Å². The normalized spacial score (nSPS) is 15.2. The molecule has 0 aromatic rings. The molecule has 1 fully saturated rings. The second kappa shape index (κ2) is 7.65. The molecule has 3 N–H and O–H groups in total. The van der Waals surface area contributed by atoms with Crippen molar-refractivity contribution in [2.45, 2.75) is 44.9 Å². The lowest BCUT2D eigenvalue weighted by molar-refractivity contribution is -0.137. The van der Waals surface area contributed by atoms with Crippen LogP contribution in [0.3, 0.4) is 0 Å². The molecule has 96 valence electrons. The summed E-state index contributed by atoms with van der Waals surface area (Å²) in [5, 5.41) is 15.0. The highest BCUT2D eigenvalue weighted by Crippen LogP contribution is 2.13. The van der Waals surface area contributed by atoms with Crippen molar-refractivity contribution >= 4 is 17.7 Å². The molecule has 1 saturated carbocycles. The summed E-state index contributed by atoms with van der Waals surface area (Å²) >= 11 is 0. The van der Waals surface area contributed by atoms with Gasteiger partial charge in [0.15, 0.2) is 0 Å². The Kier molecular flexibility index (Phi) is 6.06. The Bertz CT molecular complexity index is 294. The molecule has 1 aliphatic carbocycles. The van der Waals surface area contributed by atoms with Gasteiger partial charge in [-0.1, -0.05) is 6.42 Å². The summed E-state index contributed by atoms with van der Waals surface area (Å²) in [7, 11) is 0. The minimum atomic E-state index is -0.852. The van der Waals surface area contributed by atoms with Crippen molar-refractivity contribution in [3.8, 4) is 0 Å². The summed E-state index contributed by atoms with van der Waals surface area (Å²) in [5.74, 6) is -0.852. The zero-order chi connectivity index (χ0) is 12.5. The molecule has 6 heteroatoms. The quantitative estimate of drug-likeness (QED) is 0.503. The molecule has 2 amide bonds. The number of carbonyl (C=O) groups excluding carboxylic acids is 1. The van der Waals surface area contributed by atoms with E-state index in [9.17, 15) is 9.59 Å². The standard InChI is InChI=1S/C11H19N3O3/c15-10(16)7-4-8-12-11(17)14-13-9-5-2-1-3-6-9/h1-8H2,(H,15,16)(H2,12,14,17). The number of amides is 2. The Morgan fingerprint density at radius 1 is 1.24 bits per heavy atom. The highest BCUT2D eigenvalue weighted by molar-refractivity contribution is 5.86. The van der Waals surface area contributed by atoms with Crippen LogP contribution < -0.4 is 10.7 Å². The number of hydrogen-bond acceptors (Lipinski definition) is 3. The van der Waals surface area contributed by atoms with E-state index in [4.69, 9.17) is 5.11 Å². The van der Waals surface area contributed by atoms with Gasteiger partial charge in [-0.25, -0.2) is 10.2 Å². The number of carbonyl (C=O) groups is 2. The van der Waals surface area contributed by atoms with Crippen LogP contribution in [-0.4, -0.2) is 29.4 Å². The molecule has 0 aromatic carbocycles. The average Bonchev–Trinajstić information content (AvgIpc) is 2.33. The van der Waals surface area contributed by atoms with Crippen LogP contribution in [-0.2, 0) is 4.79 Å². The number of carboxylic acids is 1. The van der Waals surface area contributed by atoms with Gasteiger partial charge in [0.1, 0.15) is 0 Å². The maximum Gasteiger partial charge on any atom is 0.335 e. The zero-order valence-electron chi connectivity index (χ0n) is 9.87. The van der Waals surface area contributed by atoms with Crippen molar-refractivity contribution in [2.75, 3.05) is 6.54 Å². The number of rotatable bonds is 5. The van der Waals surface area contributed by atoms with Gasteiger partial charge in [-0.15, -0.1) is 0 Å². The fourth-order valence-corrected chi connectivity index (χ4v) is 1.68. The van der Waals surface area contributed by atoms with E-state index >= 15 is 0 Å². The van der Waals surface area contributed by atoms with E-state index in [1.165, 1.54) is 6.42 Å². The summed E-state index contributed by atoms with van der Waals surface area (Å²) in [6.07, 6.45) is 5.93. The third-order valence-electron chi connectivity index (χ3n) is 2.60. The molecule has 0 radical (unpaired) electrons. The van der Waals surface area contributed by atoms with Gasteiger partial charge in [-0.05, 0) is 32.1 Å². The highest BCUT2D eigenvalue weighted by atomic mass is 16.4. The average molecular weight is 241 g/mol. The van der Waals surface area contributed by atoms with Crippen molar-refractivity contribution in [3.63, 3.8) is 0 Å². The second-order valence-electron chi connectivity index (χ2n) is 4.10. The smallest absolute Gasteiger partial charge is 0.335 e. The lowest BCUT2D eigenvalue weighted by atomic mass is 9.99. The Morgan fingerprint density at radius 3 is 2.59 bits per heavy atom. The van der Waals surface area contributed by atoms with E-state index in [0.29, 0.717) is 13.0 Å². The Morgan fingerprint density at radius 2 is 1.94 bits per heavy atom. The first kappa shape index (κ1) is 13.5. The van der Waals surface area contributed by atoms with E-state index in [1.54, 1.807) is 0 Å². The molecule has 1 aliphatic rings. The fraction of sp³-hybridized carbons (Fsp3) is 0.727. The predicted molar refractivity (Wildman–Crippen MR) is 63.9 cm³/mol. The van der Waals surface area contributed by atoms with Gasteiger partial charge in [0.25, 0.3) is 0 Å². The molecule has 6 nitrogen and oxygen atoms in total. The second-order valence-corrected chi connectivity index (χ2v) is 4.10. The fourth-order valence-electron chi connectivity index (χ4n) is 1.68. The van der Waals surface area contributed by atoms with Crippen LogP contribution in [0.1, 0.15) is 44.9 Å². The summed E-state index contributed by atoms with van der Waals surface area (Å²) in [5.41, 5.74) is 3.47. The Labute approximate surface area is 100 Å². The number of hydrogen-bond donors (Lipinski definition) is 3. The van der Waals surface area contributed by atoms with Gasteiger partial charge in [0.05, 0.1) is 0 Å². The summed E-state index contributed by atoms with van der Waals surface area (Å²) in [6.45, 7) is 0.350. The van der Waals surface area contributed by atoms with Crippen molar-refractivity contribution in [2.24, 2.45) is 5.10 Å². The molecule has 0 atom stereocenters. The molecule has 0 spiro atoms. The first-order valence-electron chi connectivity index (χ1n) is 5.99. The summed E-state index contributed by atoms with van der Waals surface area (Å²) < 4.78 is 0. The van der Waals surface area contributed by atoms with E-state index in [-0.39, 0.29) is 12.5 Å². The lowest BCUT2D eigenvalue weighted by Gasteiger charge is -2.12. The van der Waals surface area contributed by atoms with Crippen LogP contribution in [0.25, 0.3) is 0 Å². The maximum atomic E-state index is 11.3. The first-order chi connectivity index (χ1) is 8.18. The predicted octanol–water partition coefficient (Wildman–Crippen LogP) is 1.47. The van der Waals surface area contributed by atoms with Gasteiger partial charge in [-0.3, -0.25) is 4.79 Å². The van der Waals surface area contributed by atoms with E-state index < -0.39 is 5.97 Å². The van der Waals surface area contributed by atoms with Crippen LogP contribution in [0.2, 0.25) is 0 Å². The maximum absolute atomic E-state index is 11.3. The van der Waals surface area contributed by atoms with Gasteiger partial charge in [0, 0.05) is 18.7 Å². The highest BCUT2D eigenvalue weighted by Gasteiger charge is 2.07. The number of nitrogens with one attached hydrogen (secondary N) is 2. The topological polar surface area (TPSA) is 90.8 Å². The molecule has 0 bridgehead atoms. The largest absolute Gasteiger partial charge is 0.481 e. The van der Waals surface area contributed by atoms with Crippen molar-refractivity contribution < 1.29 is 14.7 Å². The molecule has 0 heterocycles. The van der Waals surface area contributed by atoms with Crippen LogP contribution in [0.4, 0.5) is 4.79 Å². The Hall–Kier alpha value is -1.59. The third kappa shape index (κ3) is 6.55. The van der Waals surface area contributed by atoms with Crippen LogP contribution >= 0.6 is 0 Å². The van der Waals surface area contributed by atoms with Crippen molar-refractivity contribution in [3.05, 3.63) is 0 Å². The van der Waals surface area contributed by atoms with Gasteiger partial charge in [0.2, 0.25) is 0 Å². The zero-order valence-corrected chi connectivity index (χ0v) is 9.87. The van der Waals surface area contributed by atoms with Crippen LogP contribution in [0.5, 0.6) is 0 Å². The third-order valence-corrected chi connectivity index (χ3v) is 2.60. The molecule has 17 heavy (non-hydrogen) atoms. The number of aliphatic carboxylic acids is 1. The SMILES string of the molecule is O=C(O)CCCNC(=O)NN=C1CCCCC1. The van der Waals surface area contributed by atoms with E-state index in [1.807, 2.05) is 0 Å². The molecule has 0 saturated heterocycles. The lowest BCUT2D eigenvalue weighted by Crippen LogP contribution is -2.33. The minimum absolute atomic E-state index is 0.0643. The monoisotopic (exact) mass is 241 g/mol.